The van der Waals surface area contributed by atoms with E-state index in [-0.39, 0.29) is 17.9 Å². The zero-order chi connectivity index (χ0) is 22.2. The lowest BCUT2D eigenvalue weighted by Crippen LogP contribution is -2.34. The van der Waals surface area contributed by atoms with Crippen molar-refractivity contribution in [3.05, 3.63) is 116 Å². The Hall–Kier alpha value is -3.78. The zero-order valence-electron chi connectivity index (χ0n) is 16.2. The minimum Gasteiger partial charge on any atom is -0.347 e. The summed E-state index contributed by atoms with van der Waals surface area (Å²) in [5, 5.41) is 16.4. The molecular weight excluding hydrogens is 462 g/mol. The lowest BCUT2D eigenvalue weighted by Gasteiger charge is -2.11. The van der Waals surface area contributed by atoms with Crippen molar-refractivity contribution < 1.29 is 14.5 Å². The van der Waals surface area contributed by atoms with Gasteiger partial charge in [0.15, 0.2) is 0 Å². The summed E-state index contributed by atoms with van der Waals surface area (Å²) in [6.45, 7) is 0.264. The highest BCUT2D eigenvalue weighted by Gasteiger charge is 2.15. The molecule has 2 amide bonds. The van der Waals surface area contributed by atoms with Crippen molar-refractivity contribution in [2.75, 3.05) is 0 Å². The quantitative estimate of drug-likeness (QED) is 0.297. The lowest BCUT2D eigenvalue weighted by molar-refractivity contribution is -0.384. The summed E-state index contributed by atoms with van der Waals surface area (Å²) in [6.07, 6.45) is 1.41. The highest BCUT2D eigenvalue weighted by Crippen LogP contribution is 2.16. The number of hydrogen-bond acceptors (Lipinski definition) is 4. The monoisotopic (exact) mass is 479 g/mol. The first-order chi connectivity index (χ1) is 14.9. The molecule has 0 aliphatic carbocycles. The number of nitro groups is 1. The minimum absolute atomic E-state index is 0.0238. The maximum absolute atomic E-state index is 12.8. The van der Waals surface area contributed by atoms with Gasteiger partial charge in [0.25, 0.3) is 17.5 Å². The van der Waals surface area contributed by atoms with Gasteiger partial charge in [-0.05, 0) is 41.5 Å². The van der Waals surface area contributed by atoms with E-state index in [0.29, 0.717) is 11.1 Å². The van der Waals surface area contributed by atoms with Crippen LogP contribution in [0.25, 0.3) is 6.08 Å². The number of amides is 2. The van der Waals surface area contributed by atoms with Crippen molar-refractivity contribution >= 4 is 39.5 Å². The SMILES string of the molecule is O=C(NCc1ccccc1)/C(=C\c1cccc([N+](=O)[O-])c1)NC(=O)c1ccc(Br)cc1. The van der Waals surface area contributed by atoms with Crippen LogP contribution in [0.5, 0.6) is 0 Å². The van der Waals surface area contributed by atoms with E-state index in [1.165, 1.54) is 24.3 Å². The predicted octanol–water partition coefficient (Wildman–Crippen LogP) is 4.44. The molecule has 0 aromatic heterocycles. The summed E-state index contributed by atoms with van der Waals surface area (Å²) in [6, 6.07) is 21.8. The Labute approximate surface area is 187 Å². The van der Waals surface area contributed by atoms with E-state index in [1.807, 2.05) is 30.3 Å². The van der Waals surface area contributed by atoms with Crippen LogP contribution >= 0.6 is 15.9 Å². The molecule has 0 bridgehead atoms. The van der Waals surface area contributed by atoms with Gasteiger partial charge < -0.3 is 10.6 Å². The van der Waals surface area contributed by atoms with Crippen LogP contribution in [0, 0.1) is 10.1 Å². The summed E-state index contributed by atoms with van der Waals surface area (Å²) in [4.78, 5) is 36.0. The topological polar surface area (TPSA) is 101 Å². The van der Waals surface area contributed by atoms with Crippen molar-refractivity contribution in [3.63, 3.8) is 0 Å². The Kier molecular flexibility index (Phi) is 7.29. The summed E-state index contributed by atoms with van der Waals surface area (Å²) in [7, 11) is 0. The van der Waals surface area contributed by atoms with Crippen LogP contribution in [-0.2, 0) is 11.3 Å². The van der Waals surface area contributed by atoms with Crippen LogP contribution in [0.3, 0.4) is 0 Å². The number of rotatable bonds is 7. The molecule has 0 saturated heterocycles. The molecule has 0 unspecified atom stereocenters. The molecule has 3 aromatic carbocycles. The maximum Gasteiger partial charge on any atom is 0.270 e. The molecule has 0 radical (unpaired) electrons. The van der Waals surface area contributed by atoms with E-state index < -0.39 is 16.7 Å². The molecule has 8 heteroatoms. The van der Waals surface area contributed by atoms with Crippen LogP contribution in [0.1, 0.15) is 21.5 Å². The van der Waals surface area contributed by atoms with E-state index >= 15 is 0 Å². The van der Waals surface area contributed by atoms with Crippen molar-refractivity contribution in [1.82, 2.24) is 10.6 Å². The molecule has 3 rings (SSSR count). The Morgan fingerprint density at radius 1 is 0.968 bits per heavy atom. The van der Waals surface area contributed by atoms with Crippen molar-refractivity contribution in [3.8, 4) is 0 Å². The number of carbonyl (C=O) groups excluding carboxylic acids is 2. The fourth-order valence-electron chi connectivity index (χ4n) is 2.72. The fourth-order valence-corrected chi connectivity index (χ4v) is 2.99. The molecule has 2 N–H and O–H groups in total. The van der Waals surface area contributed by atoms with Crippen molar-refractivity contribution in [2.24, 2.45) is 0 Å². The van der Waals surface area contributed by atoms with E-state index in [1.54, 1.807) is 30.3 Å². The van der Waals surface area contributed by atoms with Gasteiger partial charge in [-0.1, -0.05) is 58.4 Å². The Morgan fingerprint density at radius 3 is 2.35 bits per heavy atom. The van der Waals surface area contributed by atoms with Crippen molar-refractivity contribution in [2.45, 2.75) is 6.54 Å². The second-order valence-electron chi connectivity index (χ2n) is 6.54. The van der Waals surface area contributed by atoms with Crippen LogP contribution < -0.4 is 10.6 Å². The number of hydrogen-bond donors (Lipinski definition) is 2. The summed E-state index contributed by atoms with van der Waals surface area (Å²) in [5.41, 5.74) is 1.53. The molecule has 3 aromatic rings. The average molecular weight is 480 g/mol. The third-order valence-corrected chi connectivity index (χ3v) is 4.82. The Balaban J connectivity index is 1.86. The molecule has 0 heterocycles. The van der Waals surface area contributed by atoms with Gasteiger partial charge in [0.05, 0.1) is 4.92 Å². The Morgan fingerprint density at radius 2 is 1.68 bits per heavy atom. The molecule has 0 fully saturated rings. The summed E-state index contributed by atoms with van der Waals surface area (Å²) in [5.74, 6) is -0.986. The number of nitrogens with one attached hydrogen (secondary N) is 2. The number of nitro benzene ring substituents is 1. The molecule has 0 aliphatic rings. The predicted molar refractivity (Wildman–Crippen MR) is 121 cm³/mol. The number of carbonyl (C=O) groups is 2. The average Bonchev–Trinajstić information content (AvgIpc) is 2.78. The summed E-state index contributed by atoms with van der Waals surface area (Å²) >= 11 is 3.31. The van der Waals surface area contributed by atoms with Gasteiger partial charge in [-0.25, -0.2) is 0 Å². The lowest BCUT2D eigenvalue weighted by atomic mass is 10.1. The number of benzene rings is 3. The van der Waals surface area contributed by atoms with Crippen LogP contribution in [0.2, 0.25) is 0 Å². The van der Waals surface area contributed by atoms with E-state index in [2.05, 4.69) is 26.6 Å². The molecule has 7 nitrogen and oxygen atoms in total. The number of nitrogens with zero attached hydrogens (tertiary/aromatic N) is 1. The van der Waals surface area contributed by atoms with Crippen molar-refractivity contribution in [1.29, 1.82) is 0 Å². The highest BCUT2D eigenvalue weighted by atomic mass is 79.9. The maximum atomic E-state index is 12.8. The van der Waals surface area contributed by atoms with Gasteiger partial charge in [-0.2, -0.15) is 0 Å². The molecule has 0 atom stereocenters. The third kappa shape index (κ3) is 6.35. The molecular formula is C23H18BrN3O4. The molecule has 156 valence electrons. The van der Waals surface area contributed by atoms with Gasteiger partial charge in [-0.3, -0.25) is 19.7 Å². The van der Waals surface area contributed by atoms with E-state index in [4.69, 9.17) is 0 Å². The molecule has 31 heavy (non-hydrogen) atoms. The van der Waals surface area contributed by atoms with Crippen LogP contribution in [0.15, 0.2) is 89.0 Å². The fraction of sp³-hybridized carbons (Fsp3) is 0.0435. The Bertz CT molecular complexity index is 1130. The first kappa shape index (κ1) is 21.9. The minimum atomic E-state index is -0.521. The zero-order valence-corrected chi connectivity index (χ0v) is 17.8. The molecule has 0 spiro atoms. The van der Waals surface area contributed by atoms with E-state index in [9.17, 15) is 19.7 Å². The standard InChI is InChI=1S/C23H18BrN3O4/c24-19-11-9-18(10-12-19)22(28)26-21(14-17-7-4-8-20(13-17)27(30)31)23(29)25-15-16-5-2-1-3-6-16/h1-14H,15H2,(H,25,29)(H,26,28)/b21-14+. The second-order valence-corrected chi connectivity index (χ2v) is 7.46. The number of halogens is 1. The third-order valence-electron chi connectivity index (χ3n) is 4.29. The van der Waals surface area contributed by atoms with Gasteiger partial charge in [-0.15, -0.1) is 0 Å². The first-order valence-corrected chi connectivity index (χ1v) is 10.1. The van der Waals surface area contributed by atoms with Gasteiger partial charge in [0.2, 0.25) is 0 Å². The number of non-ortho nitro benzene ring substituents is 1. The first-order valence-electron chi connectivity index (χ1n) is 9.27. The smallest absolute Gasteiger partial charge is 0.270 e. The van der Waals surface area contributed by atoms with Crippen LogP contribution in [-0.4, -0.2) is 16.7 Å². The van der Waals surface area contributed by atoms with Crippen LogP contribution in [0.4, 0.5) is 5.69 Å². The molecule has 0 aliphatic heterocycles. The van der Waals surface area contributed by atoms with E-state index in [0.717, 1.165) is 10.0 Å². The van der Waals surface area contributed by atoms with Gasteiger partial charge in [0, 0.05) is 28.7 Å². The largest absolute Gasteiger partial charge is 0.347 e. The summed E-state index contributed by atoms with van der Waals surface area (Å²) < 4.78 is 0.817. The van der Waals surface area contributed by atoms with Gasteiger partial charge in [0.1, 0.15) is 5.70 Å². The second kappa shape index (κ2) is 10.3. The molecule has 0 saturated carbocycles. The normalized spacial score (nSPS) is 10.9. The van der Waals surface area contributed by atoms with Gasteiger partial charge >= 0.3 is 0 Å². The highest BCUT2D eigenvalue weighted by molar-refractivity contribution is 9.10.